The van der Waals surface area contributed by atoms with Gasteiger partial charge in [0.15, 0.2) is 6.29 Å². The lowest BCUT2D eigenvalue weighted by Crippen LogP contribution is -2.34. The lowest BCUT2D eigenvalue weighted by atomic mass is 10.0. The number of ether oxygens (including phenoxy) is 5. The number of benzene rings is 2. The number of hydrogen-bond acceptors (Lipinski definition) is 6. The van der Waals surface area contributed by atoms with Crippen molar-refractivity contribution in [1.29, 1.82) is 0 Å². The predicted molar refractivity (Wildman–Crippen MR) is 125 cm³/mol. The number of aliphatic hydroxyl groups excluding tert-OH is 1. The minimum Gasteiger partial charge on any atom is -0.497 e. The van der Waals surface area contributed by atoms with Gasteiger partial charge in [0.1, 0.15) is 11.5 Å². The molecule has 1 aliphatic rings. The van der Waals surface area contributed by atoms with Crippen LogP contribution in [0, 0.1) is 0 Å². The van der Waals surface area contributed by atoms with Crippen LogP contribution in [0.4, 0.5) is 0 Å². The van der Waals surface area contributed by atoms with Crippen molar-refractivity contribution in [3.8, 4) is 11.5 Å². The molecule has 1 atom stereocenters. The number of aliphatic hydroxyl groups is 1. The van der Waals surface area contributed by atoms with E-state index in [1.165, 1.54) is 0 Å². The Balaban J connectivity index is 0.000000227. The summed E-state index contributed by atoms with van der Waals surface area (Å²) in [5.41, 5.74) is 1.75. The summed E-state index contributed by atoms with van der Waals surface area (Å²) in [7, 11) is 3.31. The molecule has 0 radical (unpaired) electrons. The van der Waals surface area contributed by atoms with Crippen LogP contribution in [0.5, 0.6) is 11.5 Å². The number of hydrogen-bond donors (Lipinski definition) is 1. The molecule has 0 saturated carbocycles. The van der Waals surface area contributed by atoms with Crippen LogP contribution in [-0.4, -0.2) is 43.7 Å². The van der Waals surface area contributed by atoms with E-state index >= 15 is 0 Å². The zero-order chi connectivity index (χ0) is 23.6. The molecule has 2 aromatic rings. The van der Waals surface area contributed by atoms with E-state index in [2.05, 4.69) is 13.8 Å². The summed E-state index contributed by atoms with van der Waals surface area (Å²) >= 11 is 0. The lowest BCUT2D eigenvalue weighted by molar-refractivity contribution is -0.249. The molecule has 0 spiro atoms. The highest BCUT2D eigenvalue weighted by atomic mass is 16.7. The highest BCUT2D eigenvalue weighted by Gasteiger charge is 2.30. The highest BCUT2D eigenvalue weighted by Crippen LogP contribution is 2.32. The third-order valence-corrected chi connectivity index (χ3v) is 5.29. The average molecular weight is 447 g/mol. The van der Waals surface area contributed by atoms with Crippen molar-refractivity contribution in [1.82, 2.24) is 0 Å². The molecule has 1 saturated heterocycles. The molecule has 1 aliphatic heterocycles. The monoisotopic (exact) mass is 446 g/mol. The summed E-state index contributed by atoms with van der Waals surface area (Å²) in [6, 6.07) is 15.6. The second-order valence-electron chi connectivity index (χ2n) is 8.97. The third kappa shape index (κ3) is 8.79. The van der Waals surface area contributed by atoms with Gasteiger partial charge < -0.3 is 28.8 Å². The van der Waals surface area contributed by atoms with E-state index in [4.69, 9.17) is 28.8 Å². The van der Waals surface area contributed by atoms with Gasteiger partial charge in [-0.1, -0.05) is 24.3 Å². The van der Waals surface area contributed by atoms with Crippen LogP contribution in [0.15, 0.2) is 48.5 Å². The third-order valence-electron chi connectivity index (χ3n) is 5.29. The molecule has 6 nitrogen and oxygen atoms in total. The molecule has 1 fully saturated rings. The maximum Gasteiger partial charge on any atom is 0.184 e. The quantitative estimate of drug-likeness (QED) is 0.595. The number of methoxy groups -OCH3 is 2. The van der Waals surface area contributed by atoms with Gasteiger partial charge in [-0.2, -0.15) is 0 Å². The van der Waals surface area contributed by atoms with Crippen molar-refractivity contribution in [2.45, 2.75) is 64.6 Å². The van der Waals surface area contributed by atoms with Crippen LogP contribution < -0.4 is 9.47 Å². The second-order valence-corrected chi connectivity index (χ2v) is 8.97. The summed E-state index contributed by atoms with van der Waals surface area (Å²) in [5.74, 6) is 1.69. The Morgan fingerprint density at radius 2 is 1.53 bits per heavy atom. The van der Waals surface area contributed by atoms with Crippen molar-refractivity contribution in [3.05, 3.63) is 59.7 Å². The maximum absolute atomic E-state index is 8.87. The molecule has 0 bridgehead atoms. The molecule has 2 aromatic carbocycles. The van der Waals surface area contributed by atoms with Gasteiger partial charge in [0.05, 0.1) is 38.6 Å². The Morgan fingerprint density at radius 3 is 2.03 bits per heavy atom. The predicted octanol–water partition coefficient (Wildman–Crippen LogP) is 5.28. The fourth-order valence-electron chi connectivity index (χ4n) is 3.06. The second kappa shape index (κ2) is 12.2. The van der Waals surface area contributed by atoms with Gasteiger partial charge in [-0.05, 0) is 70.4 Å². The van der Waals surface area contributed by atoms with Crippen molar-refractivity contribution in [2.75, 3.05) is 27.4 Å². The molecule has 178 valence electrons. The highest BCUT2D eigenvalue weighted by molar-refractivity contribution is 5.28. The summed E-state index contributed by atoms with van der Waals surface area (Å²) < 4.78 is 27.4. The van der Waals surface area contributed by atoms with Gasteiger partial charge in [0.2, 0.25) is 0 Å². The summed E-state index contributed by atoms with van der Waals surface area (Å²) in [6.07, 6.45) is 1.32. The minimum absolute atomic E-state index is 0.108. The zero-order valence-corrected chi connectivity index (χ0v) is 20.2. The summed E-state index contributed by atoms with van der Waals surface area (Å²) in [5, 5.41) is 8.87. The van der Waals surface area contributed by atoms with Crippen molar-refractivity contribution < 1.29 is 28.8 Å². The van der Waals surface area contributed by atoms with Gasteiger partial charge >= 0.3 is 0 Å². The minimum atomic E-state index is -0.283. The Kier molecular flexibility index (Phi) is 9.97. The maximum atomic E-state index is 8.87. The molecule has 3 rings (SSSR count). The molecule has 0 aliphatic carbocycles. The SMILES string of the molecule is COc1ccc(C2OCCC(C)(C)O2)cc1.COc1ccc(COC(C)(C)CCO)cc1. The first-order chi connectivity index (χ1) is 15.2. The van der Waals surface area contributed by atoms with Crippen LogP contribution in [-0.2, 0) is 20.8 Å². The van der Waals surface area contributed by atoms with Crippen molar-refractivity contribution >= 4 is 0 Å². The first-order valence-electron chi connectivity index (χ1n) is 11.0. The molecule has 6 heteroatoms. The molecule has 0 amide bonds. The largest absolute Gasteiger partial charge is 0.497 e. The Morgan fingerprint density at radius 1 is 0.969 bits per heavy atom. The fraction of sp³-hybridized carbons (Fsp3) is 0.538. The van der Waals surface area contributed by atoms with E-state index in [0.717, 1.165) is 35.7 Å². The number of rotatable bonds is 8. The first-order valence-corrected chi connectivity index (χ1v) is 11.0. The van der Waals surface area contributed by atoms with Gasteiger partial charge in [-0.25, -0.2) is 0 Å². The van der Waals surface area contributed by atoms with E-state index in [-0.39, 0.29) is 24.1 Å². The normalized spacial score (nSPS) is 17.8. The zero-order valence-electron chi connectivity index (χ0n) is 20.2. The van der Waals surface area contributed by atoms with Crippen LogP contribution in [0.2, 0.25) is 0 Å². The van der Waals surface area contributed by atoms with E-state index in [0.29, 0.717) is 13.0 Å². The van der Waals surface area contributed by atoms with Crippen molar-refractivity contribution in [3.63, 3.8) is 0 Å². The van der Waals surface area contributed by atoms with Gasteiger partial charge in [-0.15, -0.1) is 0 Å². The summed E-state index contributed by atoms with van der Waals surface area (Å²) in [6.45, 7) is 9.58. The van der Waals surface area contributed by atoms with Crippen molar-refractivity contribution in [2.24, 2.45) is 0 Å². The van der Waals surface area contributed by atoms with Crippen LogP contribution in [0.1, 0.15) is 58.0 Å². The molecule has 1 N–H and O–H groups in total. The van der Waals surface area contributed by atoms with E-state index < -0.39 is 0 Å². The van der Waals surface area contributed by atoms with Gasteiger partial charge in [0.25, 0.3) is 0 Å². The smallest absolute Gasteiger partial charge is 0.184 e. The molecular weight excluding hydrogens is 408 g/mol. The molecule has 1 heterocycles. The lowest BCUT2D eigenvalue weighted by Gasteiger charge is -2.36. The van der Waals surface area contributed by atoms with E-state index in [9.17, 15) is 0 Å². The molecular formula is C26H38O6. The first kappa shape index (κ1) is 26.1. The standard InChI is InChI=1S/C13H18O3.C13H20O3/c1-13(2)8-9-15-12(16-13)10-4-6-11(14-3)7-5-10;1-13(2,8-9-14)16-10-11-4-6-12(15-3)7-5-11/h4-7,12H,8-9H2,1-3H3;4-7,14H,8-10H2,1-3H3. The van der Waals surface area contributed by atoms with Gasteiger partial charge in [-0.3, -0.25) is 0 Å². The van der Waals surface area contributed by atoms with Gasteiger partial charge in [0, 0.05) is 12.2 Å². The van der Waals surface area contributed by atoms with Crippen LogP contribution >= 0.6 is 0 Å². The van der Waals surface area contributed by atoms with Crippen LogP contribution in [0.3, 0.4) is 0 Å². The summed E-state index contributed by atoms with van der Waals surface area (Å²) in [4.78, 5) is 0. The fourth-order valence-corrected chi connectivity index (χ4v) is 3.06. The topological polar surface area (TPSA) is 66.4 Å². The average Bonchev–Trinajstić information content (AvgIpc) is 2.78. The molecule has 0 aromatic heterocycles. The van der Waals surface area contributed by atoms with E-state index in [1.807, 2.05) is 62.4 Å². The molecule has 1 unspecified atom stereocenters. The Bertz CT molecular complexity index is 777. The Labute approximate surface area is 192 Å². The van der Waals surface area contributed by atoms with Crippen LogP contribution in [0.25, 0.3) is 0 Å². The molecule has 32 heavy (non-hydrogen) atoms. The van der Waals surface area contributed by atoms with E-state index in [1.54, 1.807) is 14.2 Å². The Hall–Kier alpha value is -2.12.